The fourth-order valence-electron chi connectivity index (χ4n) is 5.60. The average molecular weight is 544 g/mol. The number of rotatable bonds is 11. The standard InChI is InChI=1S/C30H45N3O6/c1-20(2)16-26(33-15-14-32(22(5)34)27(30(33)38)17-21(3)4)29(37)31-12-10-24(11-13-31)19-39-25-8-6-23(7-9-25)18-28(35)36/h6-9,20-21,24,26-27H,10-19H2,1-5H3,(H,35,36)/t26?,27-/m0/s1. The van der Waals surface area contributed by atoms with E-state index in [9.17, 15) is 19.2 Å². The number of piperidine rings is 1. The molecule has 1 unspecified atom stereocenters. The Labute approximate surface area is 232 Å². The van der Waals surface area contributed by atoms with E-state index in [1.54, 1.807) is 34.1 Å². The molecule has 0 bridgehead atoms. The van der Waals surface area contributed by atoms with E-state index in [0.29, 0.717) is 57.3 Å². The number of carbonyl (C=O) groups excluding carboxylic acids is 3. The summed E-state index contributed by atoms with van der Waals surface area (Å²) in [4.78, 5) is 55.9. The molecule has 39 heavy (non-hydrogen) atoms. The monoisotopic (exact) mass is 543 g/mol. The zero-order chi connectivity index (χ0) is 28.7. The van der Waals surface area contributed by atoms with Gasteiger partial charge in [-0.2, -0.15) is 0 Å². The number of hydrogen-bond acceptors (Lipinski definition) is 5. The van der Waals surface area contributed by atoms with Crippen molar-refractivity contribution < 1.29 is 29.0 Å². The first-order chi connectivity index (χ1) is 18.5. The van der Waals surface area contributed by atoms with E-state index >= 15 is 0 Å². The van der Waals surface area contributed by atoms with Crippen LogP contribution in [-0.2, 0) is 25.6 Å². The Balaban J connectivity index is 1.60. The molecule has 2 saturated heterocycles. The molecule has 0 aliphatic carbocycles. The van der Waals surface area contributed by atoms with Gasteiger partial charge in [0.25, 0.3) is 0 Å². The van der Waals surface area contributed by atoms with E-state index in [2.05, 4.69) is 13.8 Å². The molecule has 1 aromatic carbocycles. The second-order valence-corrected chi connectivity index (χ2v) is 11.8. The number of aliphatic carboxylic acids is 1. The number of hydrogen-bond donors (Lipinski definition) is 1. The van der Waals surface area contributed by atoms with E-state index in [1.807, 2.05) is 18.7 Å². The largest absolute Gasteiger partial charge is 0.493 e. The number of carbonyl (C=O) groups is 4. The highest BCUT2D eigenvalue weighted by Crippen LogP contribution is 2.26. The Morgan fingerprint density at radius 3 is 2.15 bits per heavy atom. The van der Waals surface area contributed by atoms with Crippen molar-refractivity contribution in [3.8, 4) is 5.75 Å². The maximum absolute atomic E-state index is 13.8. The van der Waals surface area contributed by atoms with Gasteiger partial charge in [0, 0.05) is 33.1 Å². The van der Waals surface area contributed by atoms with Crippen LogP contribution in [0.5, 0.6) is 5.75 Å². The Morgan fingerprint density at radius 2 is 1.62 bits per heavy atom. The van der Waals surface area contributed by atoms with E-state index in [0.717, 1.165) is 18.4 Å². The van der Waals surface area contributed by atoms with Gasteiger partial charge in [-0.15, -0.1) is 0 Å². The predicted molar refractivity (Wildman–Crippen MR) is 148 cm³/mol. The van der Waals surface area contributed by atoms with Crippen LogP contribution in [0.1, 0.15) is 65.9 Å². The summed E-state index contributed by atoms with van der Waals surface area (Å²) in [5.41, 5.74) is 0.731. The molecule has 2 atom stereocenters. The lowest BCUT2D eigenvalue weighted by Gasteiger charge is -2.45. The van der Waals surface area contributed by atoms with E-state index in [4.69, 9.17) is 9.84 Å². The summed E-state index contributed by atoms with van der Waals surface area (Å²) in [6.45, 7) is 12.4. The van der Waals surface area contributed by atoms with Crippen LogP contribution in [0.2, 0.25) is 0 Å². The van der Waals surface area contributed by atoms with Crippen molar-refractivity contribution in [1.82, 2.24) is 14.7 Å². The molecular weight excluding hydrogens is 498 g/mol. The van der Waals surface area contributed by atoms with Crippen molar-refractivity contribution in [2.24, 2.45) is 17.8 Å². The first-order valence-electron chi connectivity index (χ1n) is 14.3. The van der Waals surface area contributed by atoms with Crippen LogP contribution < -0.4 is 4.74 Å². The molecule has 0 aromatic heterocycles. The summed E-state index contributed by atoms with van der Waals surface area (Å²) in [5.74, 6) is 0.454. The van der Waals surface area contributed by atoms with Gasteiger partial charge < -0.3 is 24.5 Å². The SMILES string of the molecule is CC(=O)N1CCN(C(CC(C)C)C(=O)N2CCC(COc3ccc(CC(=O)O)cc3)CC2)C(=O)[C@@H]1CC(C)C. The van der Waals surface area contributed by atoms with Crippen molar-refractivity contribution in [2.75, 3.05) is 32.8 Å². The van der Waals surface area contributed by atoms with Gasteiger partial charge in [-0.05, 0) is 61.1 Å². The molecule has 0 saturated carbocycles. The Bertz CT molecular complexity index is 1000. The first kappa shape index (κ1) is 30.4. The number of ether oxygens (including phenoxy) is 1. The lowest BCUT2D eigenvalue weighted by atomic mass is 9.93. The van der Waals surface area contributed by atoms with Gasteiger partial charge in [-0.1, -0.05) is 39.8 Å². The normalized spacial score (nSPS) is 19.5. The summed E-state index contributed by atoms with van der Waals surface area (Å²) in [7, 11) is 0. The van der Waals surface area contributed by atoms with E-state index in [-0.39, 0.29) is 36.0 Å². The second-order valence-electron chi connectivity index (χ2n) is 11.8. The highest BCUT2D eigenvalue weighted by molar-refractivity contribution is 5.92. The molecule has 2 aliphatic heterocycles. The number of carboxylic acid groups (broad SMARTS) is 1. The summed E-state index contributed by atoms with van der Waals surface area (Å²) in [6, 6.07) is 6.09. The van der Waals surface area contributed by atoms with Gasteiger partial charge in [0.2, 0.25) is 17.7 Å². The van der Waals surface area contributed by atoms with Crippen molar-refractivity contribution in [2.45, 2.75) is 78.8 Å². The zero-order valence-corrected chi connectivity index (χ0v) is 24.1. The molecule has 2 fully saturated rings. The van der Waals surface area contributed by atoms with Crippen LogP contribution in [0.4, 0.5) is 0 Å². The minimum atomic E-state index is -0.862. The minimum Gasteiger partial charge on any atom is -0.493 e. The van der Waals surface area contributed by atoms with Crippen molar-refractivity contribution >= 4 is 23.7 Å². The number of amides is 3. The van der Waals surface area contributed by atoms with Gasteiger partial charge in [0.1, 0.15) is 17.8 Å². The van der Waals surface area contributed by atoms with Crippen LogP contribution in [0, 0.1) is 17.8 Å². The van der Waals surface area contributed by atoms with Gasteiger partial charge >= 0.3 is 5.97 Å². The molecule has 2 aliphatic rings. The number of piperazine rings is 1. The maximum Gasteiger partial charge on any atom is 0.307 e. The highest BCUT2D eigenvalue weighted by atomic mass is 16.5. The predicted octanol–water partition coefficient (Wildman–Crippen LogP) is 3.45. The number of carboxylic acids is 1. The molecule has 1 aromatic rings. The molecule has 0 radical (unpaired) electrons. The Kier molecular flexibility index (Phi) is 10.8. The molecule has 216 valence electrons. The lowest BCUT2D eigenvalue weighted by molar-refractivity contribution is -0.159. The molecule has 9 nitrogen and oxygen atoms in total. The number of likely N-dealkylation sites (tertiary alicyclic amines) is 1. The molecule has 3 rings (SSSR count). The van der Waals surface area contributed by atoms with Crippen molar-refractivity contribution in [3.63, 3.8) is 0 Å². The van der Waals surface area contributed by atoms with Gasteiger partial charge in [-0.25, -0.2) is 0 Å². The smallest absolute Gasteiger partial charge is 0.307 e. The summed E-state index contributed by atoms with van der Waals surface area (Å²) in [6.07, 6.45) is 2.81. The Hall–Kier alpha value is -3.10. The molecular formula is C30H45N3O6. The first-order valence-corrected chi connectivity index (χ1v) is 14.3. The molecule has 9 heteroatoms. The Morgan fingerprint density at radius 1 is 0.974 bits per heavy atom. The summed E-state index contributed by atoms with van der Waals surface area (Å²) in [5, 5.41) is 8.91. The topological polar surface area (TPSA) is 107 Å². The second kappa shape index (κ2) is 13.8. The minimum absolute atomic E-state index is 0.00464. The molecule has 2 heterocycles. The van der Waals surface area contributed by atoms with Crippen LogP contribution in [0.15, 0.2) is 24.3 Å². The maximum atomic E-state index is 13.8. The van der Waals surface area contributed by atoms with Gasteiger partial charge in [0.05, 0.1) is 13.0 Å². The third-order valence-corrected chi connectivity index (χ3v) is 7.67. The third kappa shape index (κ3) is 8.44. The quantitative estimate of drug-likeness (QED) is 0.458. The van der Waals surface area contributed by atoms with Gasteiger partial charge in [0.15, 0.2) is 0 Å². The molecule has 1 N–H and O–H groups in total. The highest BCUT2D eigenvalue weighted by Gasteiger charge is 2.42. The van der Waals surface area contributed by atoms with Crippen LogP contribution in [0.3, 0.4) is 0 Å². The summed E-state index contributed by atoms with van der Waals surface area (Å²) < 4.78 is 5.95. The summed E-state index contributed by atoms with van der Waals surface area (Å²) >= 11 is 0. The van der Waals surface area contributed by atoms with Gasteiger partial charge in [-0.3, -0.25) is 19.2 Å². The number of benzene rings is 1. The zero-order valence-electron chi connectivity index (χ0n) is 24.1. The average Bonchev–Trinajstić information content (AvgIpc) is 2.87. The molecule has 3 amide bonds. The van der Waals surface area contributed by atoms with Crippen molar-refractivity contribution in [3.05, 3.63) is 29.8 Å². The van der Waals surface area contributed by atoms with Crippen LogP contribution >= 0.6 is 0 Å². The number of nitrogens with zero attached hydrogens (tertiary/aromatic N) is 3. The molecule has 0 spiro atoms. The van der Waals surface area contributed by atoms with Crippen LogP contribution in [0.25, 0.3) is 0 Å². The van der Waals surface area contributed by atoms with Crippen LogP contribution in [-0.4, -0.2) is 88.4 Å². The van der Waals surface area contributed by atoms with Crippen molar-refractivity contribution in [1.29, 1.82) is 0 Å². The third-order valence-electron chi connectivity index (χ3n) is 7.67. The fraction of sp³-hybridized carbons (Fsp3) is 0.667. The van der Waals surface area contributed by atoms with E-state index in [1.165, 1.54) is 6.92 Å². The fourth-order valence-corrected chi connectivity index (χ4v) is 5.60. The van der Waals surface area contributed by atoms with E-state index < -0.39 is 18.1 Å². The lowest BCUT2D eigenvalue weighted by Crippen LogP contribution is -2.63.